The summed E-state index contributed by atoms with van der Waals surface area (Å²) in [6.07, 6.45) is 0. The molecule has 1 aliphatic rings. The zero-order chi connectivity index (χ0) is 34.6. The smallest absolute Gasteiger partial charge is 0.135 e. The molecule has 0 atom stereocenters. The van der Waals surface area contributed by atoms with Crippen LogP contribution in [0.3, 0.4) is 0 Å². The fourth-order valence-corrected chi connectivity index (χ4v) is 9.16. The molecule has 0 radical (unpaired) electrons. The molecule has 0 aliphatic heterocycles. The van der Waals surface area contributed by atoms with Gasteiger partial charge in [-0.3, -0.25) is 0 Å². The van der Waals surface area contributed by atoms with Gasteiger partial charge in [-0.1, -0.05) is 159 Å². The zero-order valence-corrected chi connectivity index (χ0v) is 29.1. The topological polar surface area (TPSA) is 13.1 Å². The predicted molar refractivity (Wildman–Crippen MR) is 220 cm³/mol. The van der Waals surface area contributed by atoms with Crippen molar-refractivity contribution < 1.29 is 4.42 Å². The predicted octanol–water partition coefficient (Wildman–Crippen LogP) is 14.4. The molecule has 11 rings (SSSR count). The molecule has 1 heterocycles. The van der Waals surface area contributed by atoms with Crippen molar-refractivity contribution in [3.63, 3.8) is 0 Å². The van der Waals surface area contributed by atoms with Crippen molar-refractivity contribution in [2.24, 2.45) is 0 Å². The summed E-state index contributed by atoms with van der Waals surface area (Å²) >= 11 is 0. The first-order chi connectivity index (χ1) is 25.5. The van der Waals surface area contributed by atoms with Crippen LogP contribution < -0.4 is 0 Å². The Kier molecular flexibility index (Phi) is 6.08. The molecular weight excluding hydrogens is 629 g/mol. The lowest BCUT2D eigenvalue weighted by Crippen LogP contribution is -2.14. The van der Waals surface area contributed by atoms with E-state index in [1.54, 1.807) is 0 Å². The van der Waals surface area contributed by atoms with Crippen molar-refractivity contribution >= 4 is 54.3 Å². The fourth-order valence-electron chi connectivity index (χ4n) is 9.16. The molecule has 1 aliphatic carbocycles. The van der Waals surface area contributed by atoms with Gasteiger partial charge in [-0.2, -0.15) is 0 Å². The third kappa shape index (κ3) is 4.11. The van der Waals surface area contributed by atoms with E-state index < -0.39 is 0 Å². The van der Waals surface area contributed by atoms with Gasteiger partial charge >= 0.3 is 0 Å². The summed E-state index contributed by atoms with van der Waals surface area (Å²) in [6.45, 7) is 4.74. The second-order valence-corrected chi connectivity index (χ2v) is 14.8. The molecule has 0 saturated heterocycles. The Balaban J connectivity index is 1.09. The van der Waals surface area contributed by atoms with Crippen LogP contribution in [0.5, 0.6) is 0 Å². The highest BCUT2D eigenvalue weighted by atomic mass is 16.3. The minimum Gasteiger partial charge on any atom is -0.456 e. The van der Waals surface area contributed by atoms with Crippen molar-refractivity contribution in [1.82, 2.24) is 0 Å². The molecule has 0 N–H and O–H groups in total. The molecule has 1 nitrogen and oxygen atoms in total. The van der Waals surface area contributed by atoms with Gasteiger partial charge in [0.1, 0.15) is 11.2 Å². The molecule has 0 spiro atoms. The van der Waals surface area contributed by atoms with Crippen LogP contribution >= 0.6 is 0 Å². The van der Waals surface area contributed by atoms with Gasteiger partial charge in [0.05, 0.1) is 0 Å². The van der Waals surface area contributed by atoms with Crippen LogP contribution in [0, 0.1) is 0 Å². The molecular formula is C51H34O. The normalized spacial score (nSPS) is 13.3. The molecule has 0 bridgehead atoms. The summed E-state index contributed by atoms with van der Waals surface area (Å²) in [5.74, 6) is 0. The highest BCUT2D eigenvalue weighted by Crippen LogP contribution is 2.53. The van der Waals surface area contributed by atoms with Crippen LogP contribution in [-0.2, 0) is 5.41 Å². The van der Waals surface area contributed by atoms with Gasteiger partial charge in [0.2, 0.25) is 0 Å². The van der Waals surface area contributed by atoms with E-state index in [1.165, 1.54) is 88.0 Å². The van der Waals surface area contributed by atoms with Crippen LogP contribution in [-0.4, -0.2) is 0 Å². The van der Waals surface area contributed by atoms with E-state index in [9.17, 15) is 0 Å². The fraction of sp³-hybridized carbons (Fsp3) is 0.0588. The highest BCUT2D eigenvalue weighted by molar-refractivity contribution is 6.22. The molecule has 0 saturated carbocycles. The van der Waals surface area contributed by atoms with E-state index in [4.69, 9.17) is 4.42 Å². The lowest BCUT2D eigenvalue weighted by Gasteiger charge is -2.22. The summed E-state index contributed by atoms with van der Waals surface area (Å²) in [5, 5.41) is 9.99. The Morgan fingerprint density at radius 3 is 1.58 bits per heavy atom. The van der Waals surface area contributed by atoms with Crippen LogP contribution in [0.2, 0.25) is 0 Å². The van der Waals surface area contributed by atoms with Crippen LogP contribution in [0.4, 0.5) is 0 Å². The Bertz CT molecular complexity index is 3030. The Labute approximate surface area is 302 Å². The maximum Gasteiger partial charge on any atom is 0.135 e. The molecule has 9 aromatic carbocycles. The van der Waals surface area contributed by atoms with Crippen molar-refractivity contribution in [2.75, 3.05) is 0 Å². The molecule has 1 aromatic heterocycles. The summed E-state index contributed by atoms with van der Waals surface area (Å²) in [4.78, 5) is 0. The van der Waals surface area contributed by atoms with Crippen molar-refractivity contribution in [2.45, 2.75) is 19.3 Å². The maximum atomic E-state index is 6.11. The summed E-state index contributed by atoms with van der Waals surface area (Å²) < 4.78 is 6.11. The van der Waals surface area contributed by atoms with Gasteiger partial charge in [0.25, 0.3) is 0 Å². The summed E-state index contributed by atoms with van der Waals surface area (Å²) in [5.41, 5.74) is 14.7. The van der Waals surface area contributed by atoms with Crippen LogP contribution in [0.25, 0.3) is 98.8 Å². The quantitative estimate of drug-likeness (QED) is 0.172. The highest BCUT2D eigenvalue weighted by Gasteiger charge is 2.36. The standard InChI is InChI=1S/C51H34O/c1-51(2)44-26-24-35(30-43(44)50-36-12-4-3-11-32(36)23-27-45(50)51)49-40-16-7-5-14-38(40)48(39-15-6-8-17-41(39)49)33-21-19-31(20-22-33)34-25-28-47-42(29-34)37-13-9-10-18-46(37)52-47/h3-30H,1-2H3. The first-order valence-electron chi connectivity index (χ1n) is 18.2. The van der Waals surface area contributed by atoms with E-state index in [1.807, 2.05) is 12.1 Å². The Morgan fingerprint density at radius 2 is 0.865 bits per heavy atom. The van der Waals surface area contributed by atoms with Gasteiger partial charge in [-0.05, 0) is 112 Å². The van der Waals surface area contributed by atoms with E-state index >= 15 is 0 Å². The van der Waals surface area contributed by atoms with E-state index in [-0.39, 0.29) is 5.41 Å². The maximum absolute atomic E-state index is 6.11. The second-order valence-electron chi connectivity index (χ2n) is 14.8. The SMILES string of the molecule is CC1(C)c2ccc(-c3c4ccccc4c(-c4ccc(-c5ccc6oc7ccccc7c6c5)cc4)c4ccccc34)cc2-c2c1ccc1ccccc21. The number of hydrogen-bond acceptors (Lipinski definition) is 1. The average molecular weight is 663 g/mol. The third-order valence-electron chi connectivity index (χ3n) is 11.7. The molecule has 10 aromatic rings. The van der Waals surface area contributed by atoms with Gasteiger partial charge in [-0.25, -0.2) is 0 Å². The van der Waals surface area contributed by atoms with E-state index in [0.717, 1.165) is 21.9 Å². The Hall–Kier alpha value is -6.44. The number of para-hydroxylation sites is 1. The number of furan rings is 1. The second kappa shape index (κ2) is 10.8. The average Bonchev–Trinajstić information content (AvgIpc) is 3.68. The first kappa shape index (κ1) is 29.3. The Morgan fingerprint density at radius 1 is 0.346 bits per heavy atom. The lowest BCUT2D eigenvalue weighted by atomic mass is 9.81. The molecule has 0 unspecified atom stereocenters. The molecule has 244 valence electrons. The van der Waals surface area contributed by atoms with Gasteiger partial charge in [-0.15, -0.1) is 0 Å². The zero-order valence-electron chi connectivity index (χ0n) is 29.1. The van der Waals surface area contributed by atoms with Gasteiger partial charge in [0, 0.05) is 16.2 Å². The molecule has 0 amide bonds. The number of rotatable bonds is 3. The third-order valence-corrected chi connectivity index (χ3v) is 11.7. The largest absolute Gasteiger partial charge is 0.456 e. The minimum atomic E-state index is -0.0640. The molecule has 0 fully saturated rings. The number of hydrogen-bond donors (Lipinski definition) is 0. The number of benzene rings is 9. The minimum absolute atomic E-state index is 0.0640. The molecule has 52 heavy (non-hydrogen) atoms. The summed E-state index contributed by atoms with van der Waals surface area (Å²) in [6, 6.07) is 62.5. The van der Waals surface area contributed by atoms with Crippen LogP contribution in [0.15, 0.2) is 174 Å². The molecule has 1 heteroatoms. The monoisotopic (exact) mass is 662 g/mol. The lowest BCUT2D eigenvalue weighted by molar-refractivity contribution is 0.661. The van der Waals surface area contributed by atoms with Crippen molar-refractivity contribution in [1.29, 1.82) is 0 Å². The van der Waals surface area contributed by atoms with Gasteiger partial charge in [0.15, 0.2) is 0 Å². The van der Waals surface area contributed by atoms with Crippen LogP contribution in [0.1, 0.15) is 25.0 Å². The summed E-state index contributed by atoms with van der Waals surface area (Å²) in [7, 11) is 0. The first-order valence-corrected chi connectivity index (χ1v) is 18.2. The van der Waals surface area contributed by atoms with E-state index in [2.05, 4.69) is 172 Å². The van der Waals surface area contributed by atoms with Crippen molar-refractivity contribution in [3.05, 3.63) is 181 Å². The van der Waals surface area contributed by atoms with Crippen molar-refractivity contribution in [3.8, 4) is 44.5 Å². The van der Waals surface area contributed by atoms with E-state index in [0.29, 0.717) is 0 Å². The van der Waals surface area contributed by atoms with Gasteiger partial charge < -0.3 is 4.42 Å². The number of fused-ring (bicyclic) bond motifs is 10.